The van der Waals surface area contributed by atoms with E-state index in [1.54, 1.807) is 18.4 Å². The first-order chi connectivity index (χ1) is 12.7. The Kier molecular flexibility index (Phi) is 6.46. The first-order valence-electron chi connectivity index (χ1n) is 8.45. The van der Waals surface area contributed by atoms with Gasteiger partial charge in [0.2, 0.25) is 0 Å². The molecular formula is C20H23N3O2S. The molecule has 0 fully saturated rings. The molecule has 3 rings (SSSR count). The molecule has 0 radical (unpaired) electrons. The monoisotopic (exact) mass is 369 g/mol. The van der Waals surface area contributed by atoms with Crippen molar-refractivity contribution in [1.29, 1.82) is 0 Å². The minimum absolute atomic E-state index is 0.627. The van der Waals surface area contributed by atoms with Gasteiger partial charge in [-0.1, -0.05) is 18.2 Å². The molecule has 0 unspecified atom stereocenters. The van der Waals surface area contributed by atoms with E-state index in [-0.39, 0.29) is 0 Å². The third-order valence-corrected chi connectivity index (χ3v) is 4.62. The lowest BCUT2D eigenvalue weighted by Crippen LogP contribution is -2.24. The number of rotatable bonds is 9. The largest absolute Gasteiger partial charge is 0.497 e. The highest BCUT2D eigenvalue weighted by Crippen LogP contribution is 2.21. The molecule has 2 aromatic carbocycles. The van der Waals surface area contributed by atoms with Crippen molar-refractivity contribution < 1.29 is 9.47 Å². The van der Waals surface area contributed by atoms with Crippen LogP contribution in [-0.2, 0) is 6.54 Å². The summed E-state index contributed by atoms with van der Waals surface area (Å²) in [5.41, 5.74) is 2.11. The van der Waals surface area contributed by atoms with E-state index in [1.807, 2.05) is 54.6 Å². The Morgan fingerprint density at radius 2 is 1.77 bits per heavy atom. The molecule has 6 heteroatoms. The minimum atomic E-state index is 0.627. The summed E-state index contributed by atoms with van der Waals surface area (Å²) in [5.74, 6) is 1.68. The van der Waals surface area contributed by atoms with Crippen molar-refractivity contribution in [2.24, 2.45) is 0 Å². The zero-order chi connectivity index (χ0) is 18.2. The summed E-state index contributed by atoms with van der Waals surface area (Å²) in [6, 6.07) is 17.7. The second-order valence-corrected chi connectivity index (χ2v) is 6.75. The highest BCUT2D eigenvalue weighted by atomic mass is 32.1. The lowest BCUT2D eigenvalue weighted by Gasteiger charge is -2.15. The van der Waals surface area contributed by atoms with Crippen LogP contribution in [0.2, 0.25) is 0 Å². The van der Waals surface area contributed by atoms with Crippen LogP contribution in [-0.4, -0.2) is 37.2 Å². The quantitative estimate of drug-likeness (QED) is 0.605. The molecule has 0 bridgehead atoms. The lowest BCUT2D eigenvalue weighted by atomic mass is 10.3. The van der Waals surface area contributed by atoms with Gasteiger partial charge in [-0.05, 0) is 43.4 Å². The van der Waals surface area contributed by atoms with Crippen molar-refractivity contribution in [2.45, 2.75) is 6.54 Å². The van der Waals surface area contributed by atoms with Gasteiger partial charge < -0.3 is 14.8 Å². The molecule has 136 valence electrons. The Balaban J connectivity index is 1.42. The molecule has 0 spiro atoms. The molecular weight excluding hydrogens is 346 g/mol. The zero-order valence-corrected chi connectivity index (χ0v) is 15.8. The molecule has 0 aliphatic carbocycles. The Labute approximate surface area is 158 Å². The van der Waals surface area contributed by atoms with Crippen molar-refractivity contribution in [1.82, 2.24) is 9.88 Å². The number of thiazole rings is 1. The fourth-order valence-electron chi connectivity index (χ4n) is 2.43. The maximum atomic E-state index is 5.77. The fraction of sp³-hybridized carbons (Fsp3) is 0.250. The minimum Gasteiger partial charge on any atom is -0.497 e. The fourth-order valence-corrected chi connectivity index (χ4v) is 3.15. The predicted octanol–water partition coefficient (Wildman–Crippen LogP) is 4.41. The lowest BCUT2D eigenvalue weighted by molar-refractivity contribution is 0.231. The molecule has 5 nitrogen and oxygen atoms in total. The van der Waals surface area contributed by atoms with Gasteiger partial charge in [-0.25, -0.2) is 4.98 Å². The number of hydrogen-bond donors (Lipinski definition) is 1. The van der Waals surface area contributed by atoms with Crippen molar-refractivity contribution in [3.63, 3.8) is 0 Å². The third-order valence-electron chi connectivity index (χ3n) is 3.81. The van der Waals surface area contributed by atoms with Gasteiger partial charge >= 0.3 is 0 Å². The molecule has 3 aromatic rings. The molecule has 1 aromatic heterocycles. The molecule has 0 saturated carbocycles. The van der Waals surface area contributed by atoms with Gasteiger partial charge in [0.15, 0.2) is 5.13 Å². The molecule has 0 aliphatic heterocycles. The van der Waals surface area contributed by atoms with E-state index in [4.69, 9.17) is 9.47 Å². The van der Waals surface area contributed by atoms with Crippen LogP contribution in [0.3, 0.4) is 0 Å². The summed E-state index contributed by atoms with van der Waals surface area (Å²) in [4.78, 5) is 6.84. The van der Waals surface area contributed by atoms with Crippen LogP contribution >= 0.6 is 11.3 Å². The van der Waals surface area contributed by atoms with Gasteiger partial charge in [0.05, 0.1) is 12.8 Å². The summed E-state index contributed by atoms with van der Waals surface area (Å²) >= 11 is 1.62. The van der Waals surface area contributed by atoms with Crippen LogP contribution < -0.4 is 14.8 Å². The number of aromatic nitrogens is 1. The van der Waals surface area contributed by atoms with Crippen LogP contribution in [0.15, 0.2) is 60.0 Å². The normalized spacial score (nSPS) is 10.7. The highest BCUT2D eigenvalue weighted by Gasteiger charge is 2.06. The van der Waals surface area contributed by atoms with Gasteiger partial charge in [0, 0.05) is 24.2 Å². The highest BCUT2D eigenvalue weighted by molar-refractivity contribution is 7.13. The van der Waals surface area contributed by atoms with Gasteiger partial charge in [0.1, 0.15) is 18.1 Å². The Morgan fingerprint density at radius 3 is 2.50 bits per heavy atom. The van der Waals surface area contributed by atoms with Gasteiger partial charge in [-0.15, -0.1) is 11.3 Å². The molecule has 0 amide bonds. The van der Waals surface area contributed by atoms with E-state index >= 15 is 0 Å². The number of anilines is 2. The summed E-state index contributed by atoms with van der Waals surface area (Å²) in [6.45, 7) is 2.24. The first-order valence-corrected chi connectivity index (χ1v) is 9.33. The molecule has 0 saturated heterocycles. The standard InChI is InChI=1S/C20H23N3O2S/c1-23(12-13-25-19-10-8-18(24-2)9-11-19)14-17-15-26-20(22-17)21-16-6-4-3-5-7-16/h3-11,15H,12-14H2,1-2H3,(H,21,22). The maximum Gasteiger partial charge on any atom is 0.187 e. The van der Waals surface area contributed by atoms with E-state index in [9.17, 15) is 0 Å². The number of benzene rings is 2. The Bertz CT molecular complexity index is 790. The van der Waals surface area contributed by atoms with Gasteiger partial charge in [0.25, 0.3) is 0 Å². The van der Waals surface area contributed by atoms with Crippen molar-refractivity contribution >= 4 is 22.2 Å². The number of hydrogen-bond acceptors (Lipinski definition) is 6. The molecule has 26 heavy (non-hydrogen) atoms. The van der Waals surface area contributed by atoms with Crippen LogP contribution in [0, 0.1) is 0 Å². The summed E-state index contributed by atoms with van der Waals surface area (Å²) in [6.07, 6.45) is 0. The molecule has 0 atom stereocenters. The number of nitrogens with zero attached hydrogens (tertiary/aromatic N) is 2. The summed E-state index contributed by atoms with van der Waals surface area (Å²) in [5, 5.41) is 6.33. The average Bonchev–Trinajstić information content (AvgIpc) is 3.10. The van der Waals surface area contributed by atoms with Crippen molar-refractivity contribution in [3.8, 4) is 11.5 Å². The average molecular weight is 369 g/mol. The van der Waals surface area contributed by atoms with Crippen LogP contribution in [0.25, 0.3) is 0 Å². The van der Waals surface area contributed by atoms with Crippen molar-refractivity contribution in [2.75, 3.05) is 32.6 Å². The number of ether oxygens (including phenoxy) is 2. The Hall–Kier alpha value is -2.57. The number of methoxy groups -OCH3 is 1. The molecule has 1 heterocycles. The second kappa shape index (κ2) is 9.22. The first kappa shape index (κ1) is 18.2. The number of nitrogens with one attached hydrogen (secondary N) is 1. The SMILES string of the molecule is COc1ccc(OCCN(C)Cc2csc(Nc3ccccc3)n2)cc1. The number of para-hydroxylation sites is 1. The van der Waals surface area contributed by atoms with Crippen LogP contribution in [0.5, 0.6) is 11.5 Å². The summed E-state index contributed by atoms with van der Waals surface area (Å²) < 4.78 is 10.9. The van der Waals surface area contributed by atoms with Gasteiger partial charge in [-0.2, -0.15) is 0 Å². The second-order valence-electron chi connectivity index (χ2n) is 5.90. The van der Waals surface area contributed by atoms with E-state index in [2.05, 4.69) is 27.6 Å². The van der Waals surface area contributed by atoms with Crippen molar-refractivity contribution in [3.05, 3.63) is 65.7 Å². The third kappa shape index (κ3) is 5.47. The maximum absolute atomic E-state index is 5.77. The molecule has 1 N–H and O–H groups in total. The van der Waals surface area contributed by atoms with E-state index in [0.717, 1.165) is 41.1 Å². The van der Waals surface area contributed by atoms with E-state index in [0.29, 0.717) is 6.61 Å². The molecule has 0 aliphatic rings. The summed E-state index contributed by atoms with van der Waals surface area (Å²) in [7, 11) is 3.73. The van der Waals surface area contributed by atoms with E-state index < -0.39 is 0 Å². The van der Waals surface area contributed by atoms with Gasteiger partial charge in [-0.3, -0.25) is 4.90 Å². The van der Waals surface area contributed by atoms with Crippen LogP contribution in [0.4, 0.5) is 10.8 Å². The van der Waals surface area contributed by atoms with E-state index in [1.165, 1.54) is 0 Å². The Morgan fingerprint density at radius 1 is 1.04 bits per heavy atom. The zero-order valence-electron chi connectivity index (χ0n) is 15.0. The predicted molar refractivity (Wildman–Crippen MR) is 107 cm³/mol. The topological polar surface area (TPSA) is 46.6 Å². The smallest absolute Gasteiger partial charge is 0.187 e. The van der Waals surface area contributed by atoms with Crippen LogP contribution in [0.1, 0.15) is 5.69 Å². The number of likely N-dealkylation sites (N-methyl/N-ethyl adjacent to an activating group) is 1.